The highest BCUT2D eigenvalue weighted by molar-refractivity contribution is 7.91. The number of anilines is 1. The maximum atomic E-state index is 15.2. The zero-order valence-corrected chi connectivity index (χ0v) is 19.7. The fourth-order valence-electron chi connectivity index (χ4n) is 4.77. The van der Waals surface area contributed by atoms with Crippen LogP contribution >= 0.6 is 0 Å². The number of hydrogen-bond acceptors (Lipinski definition) is 4. The van der Waals surface area contributed by atoms with E-state index in [1.165, 1.54) is 24.4 Å². The second-order valence-electron chi connectivity index (χ2n) is 9.10. The van der Waals surface area contributed by atoms with Gasteiger partial charge in [0.25, 0.3) is 0 Å². The summed E-state index contributed by atoms with van der Waals surface area (Å²) in [6.07, 6.45) is 2.49. The topological polar surface area (TPSA) is 59.4 Å². The average Bonchev–Trinajstić information content (AvgIpc) is 2.73. The second-order valence-corrected chi connectivity index (χ2v) is 11.0. The van der Waals surface area contributed by atoms with E-state index >= 15 is 4.39 Å². The molecule has 4 rings (SSSR count). The van der Waals surface area contributed by atoms with E-state index in [-0.39, 0.29) is 15.2 Å². The van der Waals surface area contributed by atoms with Crippen LogP contribution in [0, 0.1) is 24.6 Å². The Balaban J connectivity index is 1.90. The minimum Gasteiger partial charge on any atom is -0.369 e. The Morgan fingerprint density at radius 1 is 1.06 bits per heavy atom. The molecule has 1 fully saturated rings. The summed E-state index contributed by atoms with van der Waals surface area (Å²) in [5.41, 5.74) is 1.26. The number of sulfone groups is 1. The van der Waals surface area contributed by atoms with E-state index in [0.717, 1.165) is 25.1 Å². The molecule has 2 aromatic carbocycles. The first-order chi connectivity index (χ1) is 15.1. The first kappa shape index (κ1) is 22.5. The number of benzene rings is 2. The molecule has 0 saturated carbocycles. The van der Waals surface area contributed by atoms with Gasteiger partial charge in [-0.2, -0.15) is 0 Å². The van der Waals surface area contributed by atoms with Gasteiger partial charge in [-0.25, -0.2) is 12.8 Å². The van der Waals surface area contributed by atoms with Crippen molar-refractivity contribution in [1.29, 1.82) is 0 Å². The van der Waals surface area contributed by atoms with Crippen molar-refractivity contribution in [1.82, 2.24) is 4.57 Å². The SMILES string of the molecule is CCn1cc(S(=O)(=O)c2ccc(C)cc2)c(=O)c2cc(F)c(N3C[C@H](C)C[C@H](C)C3)cc21. The molecule has 2 heterocycles. The third kappa shape index (κ3) is 3.94. The van der Waals surface area contributed by atoms with Crippen molar-refractivity contribution in [3.05, 3.63) is 64.2 Å². The van der Waals surface area contributed by atoms with Crippen molar-refractivity contribution < 1.29 is 12.8 Å². The summed E-state index contributed by atoms with van der Waals surface area (Å²) in [6, 6.07) is 9.28. The number of hydrogen-bond donors (Lipinski definition) is 0. The molecule has 5 nitrogen and oxygen atoms in total. The molecule has 0 N–H and O–H groups in total. The zero-order valence-electron chi connectivity index (χ0n) is 18.9. The van der Waals surface area contributed by atoms with Crippen molar-refractivity contribution in [3.8, 4) is 0 Å². The van der Waals surface area contributed by atoms with Crippen molar-refractivity contribution in [2.24, 2.45) is 11.8 Å². The van der Waals surface area contributed by atoms with Gasteiger partial charge in [-0.1, -0.05) is 31.5 Å². The van der Waals surface area contributed by atoms with Crippen LogP contribution in [0.3, 0.4) is 0 Å². The molecular formula is C25H29FN2O3S. The third-order valence-electron chi connectivity index (χ3n) is 6.29. The molecule has 2 atom stereocenters. The van der Waals surface area contributed by atoms with E-state index in [1.54, 1.807) is 22.8 Å². The predicted molar refractivity (Wildman–Crippen MR) is 126 cm³/mol. The summed E-state index contributed by atoms with van der Waals surface area (Å²) in [5.74, 6) is 0.400. The van der Waals surface area contributed by atoms with Gasteiger partial charge < -0.3 is 9.47 Å². The summed E-state index contributed by atoms with van der Waals surface area (Å²) in [4.78, 5) is 15.0. The molecule has 0 aliphatic carbocycles. The minimum absolute atomic E-state index is 0.0515. The van der Waals surface area contributed by atoms with Crippen molar-refractivity contribution in [2.45, 2.75) is 50.5 Å². The highest BCUT2D eigenvalue weighted by Gasteiger charge is 2.27. The second kappa shape index (κ2) is 8.35. The van der Waals surface area contributed by atoms with Gasteiger partial charge in [-0.3, -0.25) is 4.79 Å². The number of nitrogens with zero attached hydrogens (tertiary/aromatic N) is 2. The highest BCUT2D eigenvalue weighted by Crippen LogP contribution is 2.31. The lowest BCUT2D eigenvalue weighted by molar-refractivity contribution is 0.354. The number of aromatic nitrogens is 1. The quantitative estimate of drug-likeness (QED) is 0.567. The molecule has 1 aromatic heterocycles. The molecule has 1 saturated heterocycles. The number of aryl methyl sites for hydroxylation is 2. The first-order valence-electron chi connectivity index (χ1n) is 11.0. The Morgan fingerprint density at radius 3 is 2.28 bits per heavy atom. The van der Waals surface area contributed by atoms with Gasteiger partial charge in [0.15, 0.2) is 0 Å². The van der Waals surface area contributed by atoms with E-state index in [2.05, 4.69) is 13.8 Å². The molecule has 0 spiro atoms. The van der Waals surface area contributed by atoms with Crippen molar-refractivity contribution >= 4 is 26.4 Å². The zero-order chi connectivity index (χ0) is 23.2. The lowest BCUT2D eigenvalue weighted by Crippen LogP contribution is -2.39. The van der Waals surface area contributed by atoms with Gasteiger partial charge in [0.1, 0.15) is 10.7 Å². The molecule has 0 unspecified atom stereocenters. The molecule has 32 heavy (non-hydrogen) atoms. The summed E-state index contributed by atoms with van der Waals surface area (Å²) in [5, 5.41) is 0.0828. The number of rotatable bonds is 4. The average molecular weight is 457 g/mol. The summed E-state index contributed by atoms with van der Waals surface area (Å²) in [6.45, 7) is 10.0. The molecule has 1 aliphatic heterocycles. The predicted octanol–water partition coefficient (Wildman–Crippen LogP) is 4.78. The Kier molecular flexibility index (Phi) is 5.88. The third-order valence-corrected chi connectivity index (χ3v) is 8.05. The lowest BCUT2D eigenvalue weighted by atomic mass is 9.91. The molecule has 0 radical (unpaired) electrons. The molecule has 0 bridgehead atoms. The van der Waals surface area contributed by atoms with Gasteiger partial charge in [0, 0.05) is 25.8 Å². The molecule has 1 aliphatic rings. The standard InChI is InChI=1S/C25H29FN2O3S/c1-5-27-15-24(32(30,31)19-8-6-16(2)7-9-19)25(29)20-11-21(26)23(12-22(20)27)28-13-17(3)10-18(4)14-28/h6-9,11-12,15,17-18H,5,10,13-14H2,1-4H3/t17-,18+. The molecular weight excluding hydrogens is 427 g/mol. The fraction of sp³-hybridized carbons (Fsp3) is 0.400. The van der Waals surface area contributed by atoms with E-state index in [9.17, 15) is 13.2 Å². The Bertz CT molecular complexity index is 1320. The van der Waals surface area contributed by atoms with Crippen LogP contribution < -0.4 is 10.3 Å². The van der Waals surface area contributed by atoms with Crippen LogP contribution in [0.2, 0.25) is 0 Å². The summed E-state index contributed by atoms with van der Waals surface area (Å²) < 4.78 is 43.4. The van der Waals surface area contributed by atoms with Crippen LogP contribution in [0.5, 0.6) is 0 Å². The smallest absolute Gasteiger partial charge is 0.211 e. The van der Waals surface area contributed by atoms with E-state index in [1.807, 2.05) is 18.7 Å². The molecule has 170 valence electrons. The largest absolute Gasteiger partial charge is 0.369 e. The highest BCUT2D eigenvalue weighted by atomic mass is 32.2. The monoisotopic (exact) mass is 456 g/mol. The van der Waals surface area contributed by atoms with Gasteiger partial charge in [0.05, 0.1) is 21.5 Å². The van der Waals surface area contributed by atoms with Crippen LogP contribution in [0.4, 0.5) is 10.1 Å². The maximum Gasteiger partial charge on any atom is 0.211 e. The molecule has 7 heteroatoms. The Hall–Kier alpha value is -2.67. The Morgan fingerprint density at radius 2 is 1.69 bits per heavy atom. The normalized spacial score (nSPS) is 19.5. The Labute approximate surface area is 188 Å². The van der Waals surface area contributed by atoms with Crippen molar-refractivity contribution in [2.75, 3.05) is 18.0 Å². The molecule has 0 amide bonds. The van der Waals surface area contributed by atoms with Crippen LogP contribution in [-0.4, -0.2) is 26.1 Å². The van der Waals surface area contributed by atoms with Gasteiger partial charge >= 0.3 is 0 Å². The van der Waals surface area contributed by atoms with Gasteiger partial charge in [-0.15, -0.1) is 0 Å². The van der Waals surface area contributed by atoms with E-state index in [0.29, 0.717) is 29.6 Å². The number of piperidine rings is 1. The number of fused-ring (bicyclic) bond motifs is 1. The number of halogens is 1. The van der Waals surface area contributed by atoms with E-state index in [4.69, 9.17) is 0 Å². The summed E-state index contributed by atoms with van der Waals surface area (Å²) in [7, 11) is -4.03. The van der Waals surface area contributed by atoms with Crippen LogP contribution in [-0.2, 0) is 16.4 Å². The van der Waals surface area contributed by atoms with Gasteiger partial charge in [-0.05, 0) is 56.4 Å². The van der Waals surface area contributed by atoms with Crippen molar-refractivity contribution in [3.63, 3.8) is 0 Å². The number of pyridine rings is 1. The minimum atomic E-state index is -4.03. The summed E-state index contributed by atoms with van der Waals surface area (Å²) >= 11 is 0. The van der Waals surface area contributed by atoms with Crippen LogP contribution in [0.1, 0.15) is 32.8 Å². The van der Waals surface area contributed by atoms with E-state index < -0.39 is 21.1 Å². The lowest BCUT2D eigenvalue weighted by Gasteiger charge is -2.37. The first-order valence-corrected chi connectivity index (χ1v) is 12.5. The van der Waals surface area contributed by atoms with Crippen LogP contribution in [0.25, 0.3) is 10.9 Å². The fourth-order valence-corrected chi connectivity index (χ4v) is 6.14. The molecule has 3 aromatic rings. The maximum absolute atomic E-state index is 15.2. The van der Waals surface area contributed by atoms with Gasteiger partial charge in [0.2, 0.25) is 15.3 Å². The van der Waals surface area contributed by atoms with Crippen LogP contribution in [0.15, 0.2) is 57.2 Å².